The van der Waals surface area contributed by atoms with Gasteiger partial charge < -0.3 is 10.0 Å². The Kier molecular flexibility index (Phi) is 1.83. The zero-order valence-electron chi connectivity index (χ0n) is 7.25. The molecule has 2 heterocycles. The van der Waals surface area contributed by atoms with Crippen molar-refractivity contribution >= 4 is 11.8 Å². The molecule has 0 aliphatic carbocycles. The Morgan fingerprint density at radius 1 is 1.31 bits per heavy atom. The number of nitrogens with zero attached hydrogens (tertiary/aromatic N) is 1. The molecule has 1 saturated heterocycles. The van der Waals surface area contributed by atoms with Gasteiger partial charge in [-0.2, -0.15) is 0 Å². The highest BCUT2D eigenvalue weighted by atomic mass is 16.4. The zero-order valence-corrected chi connectivity index (χ0v) is 7.25. The number of carboxylic acid groups (broad SMARTS) is 1. The Morgan fingerprint density at radius 2 is 2.08 bits per heavy atom. The predicted molar refractivity (Wildman–Crippen MR) is 45.1 cm³/mol. The van der Waals surface area contributed by atoms with E-state index in [4.69, 9.17) is 5.11 Å². The van der Waals surface area contributed by atoms with Crippen molar-refractivity contribution in [1.82, 2.24) is 4.90 Å². The monoisotopic (exact) mass is 181 g/mol. The van der Waals surface area contributed by atoms with Gasteiger partial charge in [0.1, 0.15) is 5.57 Å². The molecule has 0 radical (unpaired) electrons. The Balaban J connectivity index is 2.44. The van der Waals surface area contributed by atoms with Crippen LogP contribution in [0.25, 0.3) is 0 Å². The quantitative estimate of drug-likeness (QED) is 0.595. The number of Topliss-reactive ketones (excluding diaryl/α,β-unsaturated/α-hetero) is 1. The summed E-state index contributed by atoms with van der Waals surface area (Å²) in [4.78, 5) is 24.1. The van der Waals surface area contributed by atoms with E-state index in [-0.39, 0.29) is 11.4 Å². The van der Waals surface area contributed by atoms with Crippen LogP contribution in [-0.4, -0.2) is 34.8 Å². The van der Waals surface area contributed by atoms with Gasteiger partial charge in [0.05, 0.1) is 0 Å². The fourth-order valence-corrected chi connectivity index (χ4v) is 2.03. The van der Waals surface area contributed by atoms with Crippen molar-refractivity contribution < 1.29 is 14.7 Å². The minimum absolute atomic E-state index is 0.0313. The maximum Gasteiger partial charge on any atom is 0.341 e. The van der Waals surface area contributed by atoms with Gasteiger partial charge in [0.25, 0.3) is 0 Å². The van der Waals surface area contributed by atoms with E-state index in [1.54, 1.807) is 0 Å². The molecule has 4 heteroatoms. The fourth-order valence-electron chi connectivity index (χ4n) is 2.03. The van der Waals surface area contributed by atoms with Gasteiger partial charge in [-0.05, 0) is 12.8 Å². The molecule has 4 nitrogen and oxygen atoms in total. The van der Waals surface area contributed by atoms with E-state index >= 15 is 0 Å². The van der Waals surface area contributed by atoms with E-state index in [1.165, 1.54) is 0 Å². The van der Waals surface area contributed by atoms with Crippen molar-refractivity contribution in [2.75, 3.05) is 13.1 Å². The first-order valence-electron chi connectivity index (χ1n) is 4.45. The van der Waals surface area contributed by atoms with Crippen LogP contribution in [0.2, 0.25) is 0 Å². The SMILES string of the molecule is O=C(O)C1=C2CCCN2CCC1=O. The number of rotatable bonds is 1. The first-order valence-corrected chi connectivity index (χ1v) is 4.45. The lowest BCUT2D eigenvalue weighted by molar-refractivity contribution is -0.135. The lowest BCUT2D eigenvalue weighted by atomic mass is 10.0. The van der Waals surface area contributed by atoms with Crippen molar-refractivity contribution in [3.8, 4) is 0 Å². The average Bonchev–Trinajstić information content (AvgIpc) is 2.50. The van der Waals surface area contributed by atoms with Crippen molar-refractivity contribution in [2.45, 2.75) is 19.3 Å². The summed E-state index contributed by atoms with van der Waals surface area (Å²) in [5.74, 6) is -1.27. The Morgan fingerprint density at radius 3 is 2.77 bits per heavy atom. The second-order valence-corrected chi connectivity index (χ2v) is 3.39. The summed E-state index contributed by atoms with van der Waals surface area (Å²) in [5.41, 5.74) is 0.785. The molecule has 2 aliphatic rings. The molecule has 0 unspecified atom stereocenters. The molecule has 0 atom stereocenters. The summed E-state index contributed by atoms with van der Waals surface area (Å²) in [5, 5.41) is 8.85. The van der Waals surface area contributed by atoms with Gasteiger partial charge in [0, 0.05) is 25.2 Å². The van der Waals surface area contributed by atoms with Crippen molar-refractivity contribution in [3.63, 3.8) is 0 Å². The summed E-state index contributed by atoms with van der Waals surface area (Å²) >= 11 is 0. The largest absolute Gasteiger partial charge is 0.477 e. The molecular weight excluding hydrogens is 170 g/mol. The van der Waals surface area contributed by atoms with Crippen LogP contribution >= 0.6 is 0 Å². The summed E-state index contributed by atoms with van der Waals surface area (Å²) in [7, 11) is 0. The van der Waals surface area contributed by atoms with E-state index in [0.29, 0.717) is 13.0 Å². The number of carbonyl (C=O) groups is 2. The van der Waals surface area contributed by atoms with Gasteiger partial charge in [0.2, 0.25) is 0 Å². The van der Waals surface area contributed by atoms with Crippen LogP contribution in [0.3, 0.4) is 0 Å². The summed E-state index contributed by atoms with van der Waals surface area (Å²) in [6.45, 7) is 1.60. The number of carbonyl (C=O) groups excluding carboxylic acids is 1. The van der Waals surface area contributed by atoms with Crippen molar-refractivity contribution in [3.05, 3.63) is 11.3 Å². The third-order valence-corrected chi connectivity index (χ3v) is 2.61. The lowest BCUT2D eigenvalue weighted by Crippen LogP contribution is -2.32. The Labute approximate surface area is 75.8 Å². The van der Waals surface area contributed by atoms with Crippen molar-refractivity contribution in [2.24, 2.45) is 0 Å². The molecule has 0 aromatic carbocycles. The highest BCUT2D eigenvalue weighted by molar-refractivity contribution is 6.17. The van der Waals surface area contributed by atoms with Gasteiger partial charge in [-0.1, -0.05) is 0 Å². The summed E-state index contributed by atoms with van der Waals surface area (Å²) in [6.07, 6.45) is 2.07. The number of allylic oxidation sites excluding steroid dienone is 1. The first-order chi connectivity index (χ1) is 6.20. The van der Waals surface area contributed by atoms with Crippen LogP contribution in [0.5, 0.6) is 0 Å². The third-order valence-electron chi connectivity index (χ3n) is 2.61. The molecule has 2 aliphatic heterocycles. The number of fused-ring (bicyclic) bond motifs is 1. The number of hydrogen-bond donors (Lipinski definition) is 1. The fraction of sp³-hybridized carbons (Fsp3) is 0.556. The normalized spacial score (nSPS) is 22.2. The maximum absolute atomic E-state index is 11.3. The molecule has 0 aromatic rings. The molecule has 1 N–H and O–H groups in total. The van der Waals surface area contributed by atoms with Crippen LogP contribution in [0.15, 0.2) is 11.3 Å². The molecule has 0 spiro atoms. The van der Waals surface area contributed by atoms with E-state index in [0.717, 1.165) is 25.1 Å². The lowest BCUT2D eigenvalue weighted by Gasteiger charge is -2.25. The molecular formula is C9H11NO3. The zero-order chi connectivity index (χ0) is 9.42. The third kappa shape index (κ3) is 1.22. The molecule has 2 rings (SSSR count). The molecule has 0 amide bonds. The van der Waals surface area contributed by atoms with Crippen LogP contribution in [0.4, 0.5) is 0 Å². The predicted octanol–water partition coefficient (Wildman–Crippen LogP) is 0.394. The molecule has 0 aromatic heterocycles. The van der Waals surface area contributed by atoms with E-state index < -0.39 is 5.97 Å². The summed E-state index contributed by atoms with van der Waals surface area (Å²) in [6, 6.07) is 0. The maximum atomic E-state index is 11.3. The highest BCUT2D eigenvalue weighted by Crippen LogP contribution is 2.29. The number of aliphatic carboxylic acids is 1. The number of carboxylic acids is 1. The second-order valence-electron chi connectivity index (χ2n) is 3.39. The highest BCUT2D eigenvalue weighted by Gasteiger charge is 2.32. The second kappa shape index (κ2) is 2.87. The molecule has 70 valence electrons. The van der Waals surface area contributed by atoms with Crippen molar-refractivity contribution in [1.29, 1.82) is 0 Å². The first kappa shape index (κ1) is 8.29. The smallest absolute Gasteiger partial charge is 0.341 e. The number of ketones is 1. The van der Waals surface area contributed by atoms with E-state index in [9.17, 15) is 9.59 Å². The van der Waals surface area contributed by atoms with Crippen LogP contribution in [0.1, 0.15) is 19.3 Å². The molecule has 13 heavy (non-hydrogen) atoms. The van der Waals surface area contributed by atoms with Gasteiger partial charge >= 0.3 is 5.97 Å². The van der Waals surface area contributed by atoms with Crippen LogP contribution in [-0.2, 0) is 9.59 Å². The average molecular weight is 181 g/mol. The van der Waals surface area contributed by atoms with Gasteiger partial charge in [-0.3, -0.25) is 4.79 Å². The van der Waals surface area contributed by atoms with Gasteiger partial charge in [0.15, 0.2) is 5.78 Å². The van der Waals surface area contributed by atoms with Crippen LogP contribution in [0, 0.1) is 0 Å². The molecule has 0 saturated carbocycles. The number of hydrogen-bond acceptors (Lipinski definition) is 3. The van der Waals surface area contributed by atoms with Gasteiger partial charge in [-0.25, -0.2) is 4.79 Å². The molecule has 1 fully saturated rings. The topological polar surface area (TPSA) is 57.6 Å². The summed E-state index contributed by atoms with van der Waals surface area (Å²) < 4.78 is 0. The van der Waals surface area contributed by atoms with Crippen LogP contribution < -0.4 is 0 Å². The van der Waals surface area contributed by atoms with E-state index in [2.05, 4.69) is 0 Å². The molecule has 0 bridgehead atoms. The van der Waals surface area contributed by atoms with Gasteiger partial charge in [-0.15, -0.1) is 0 Å². The minimum Gasteiger partial charge on any atom is -0.477 e. The minimum atomic E-state index is -1.06. The Bertz CT molecular complexity index is 306. The Hall–Kier alpha value is -1.32. The standard InChI is InChI=1S/C9H11NO3/c11-7-3-5-10-4-1-2-6(10)8(7)9(12)13/h1-5H2,(H,12,13). The van der Waals surface area contributed by atoms with E-state index in [1.807, 2.05) is 4.90 Å².